The molecule has 1 unspecified atom stereocenters. The molecule has 0 aliphatic carbocycles. The molecule has 1 fully saturated rings. The summed E-state index contributed by atoms with van der Waals surface area (Å²) in [7, 11) is 0. The number of halogens is 1. The molecule has 1 saturated heterocycles. The van der Waals surface area contributed by atoms with Gasteiger partial charge in [-0.25, -0.2) is 0 Å². The molecule has 21 heavy (non-hydrogen) atoms. The Morgan fingerprint density at radius 3 is 2.24 bits per heavy atom. The second kappa shape index (κ2) is 5.34. The number of carbonyl (C=O) groups excluding carboxylic acids is 2. The predicted octanol–water partition coefficient (Wildman–Crippen LogP) is 2.75. The number of piperazine rings is 1. The van der Waals surface area contributed by atoms with Crippen LogP contribution >= 0.6 is 11.6 Å². The Hall–Kier alpha value is -1.55. The first-order chi connectivity index (χ1) is 9.70. The van der Waals surface area contributed by atoms with Crippen LogP contribution in [-0.2, 0) is 16.1 Å². The van der Waals surface area contributed by atoms with E-state index in [1.165, 1.54) is 0 Å². The number of hydrogen-bond acceptors (Lipinski definition) is 2. The monoisotopic (exact) mass is 308 g/mol. The molecule has 0 radical (unpaired) electrons. The van der Waals surface area contributed by atoms with Gasteiger partial charge in [0, 0.05) is 11.6 Å². The SMILES string of the molecule is CCC1(C)NC(=O)C(C)(C)N(Cc2ccc(Cl)cc2)C1=O. The Labute approximate surface area is 130 Å². The Balaban J connectivity index is 2.35. The topological polar surface area (TPSA) is 49.4 Å². The molecule has 4 nitrogen and oxygen atoms in total. The molecule has 1 heterocycles. The summed E-state index contributed by atoms with van der Waals surface area (Å²) < 4.78 is 0. The van der Waals surface area contributed by atoms with E-state index in [0.717, 1.165) is 5.56 Å². The second-order valence-corrected chi connectivity index (χ2v) is 6.65. The molecular formula is C16H21ClN2O2. The van der Waals surface area contributed by atoms with Crippen molar-refractivity contribution in [3.8, 4) is 0 Å². The maximum Gasteiger partial charge on any atom is 0.249 e. The third kappa shape index (κ3) is 2.77. The van der Waals surface area contributed by atoms with Gasteiger partial charge in [0.15, 0.2) is 0 Å². The third-order valence-corrected chi connectivity index (χ3v) is 4.55. The molecule has 1 atom stereocenters. The molecule has 1 N–H and O–H groups in total. The van der Waals surface area contributed by atoms with Crippen LogP contribution < -0.4 is 5.32 Å². The fraction of sp³-hybridized carbons (Fsp3) is 0.500. The standard InChI is InChI=1S/C16H21ClN2O2/c1-5-16(4)14(21)19(15(2,3)13(20)18-16)10-11-6-8-12(17)9-7-11/h6-9H,5,10H2,1-4H3,(H,18,20). The molecule has 2 amide bonds. The average molecular weight is 309 g/mol. The lowest BCUT2D eigenvalue weighted by Crippen LogP contribution is -2.72. The number of benzene rings is 1. The van der Waals surface area contributed by atoms with Crippen molar-refractivity contribution in [2.24, 2.45) is 0 Å². The lowest BCUT2D eigenvalue weighted by molar-refractivity contribution is -0.161. The van der Waals surface area contributed by atoms with Crippen molar-refractivity contribution in [3.63, 3.8) is 0 Å². The summed E-state index contributed by atoms with van der Waals surface area (Å²) in [5.74, 6) is -0.176. The highest BCUT2D eigenvalue weighted by Crippen LogP contribution is 2.29. The largest absolute Gasteiger partial charge is 0.340 e. The summed E-state index contributed by atoms with van der Waals surface area (Å²) in [5, 5.41) is 3.51. The smallest absolute Gasteiger partial charge is 0.249 e. The zero-order valence-electron chi connectivity index (χ0n) is 12.9. The van der Waals surface area contributed by atoms with Crippen molar-refractivity contribution < 1.29 is 9.59 Å². The van der Waals surface area contributed by atoms with Crippen molar-refractivity contribution in [1.29, 1.82) is 0 Å². The average Bonchev–Trinajstić information content (AvgIpc) is 2.44. The fourth-order valence-electron chi connectivity index (χ4n) is 2.41. The zero-order valence-corrected chi connectivity index (χ0v) is 13.6. The third-order valence-electron chi connectivity index (χ3n) is 4.30. The normalized spacial score (nSPS) is 24.9. The van der Waals surface area contributed by atoms with Crippen molar-refractivity contribution in [3.05, 3.63) is 34.9 Å². The molecule has 5 heteroatoms. The van der Waals surface area contributed by atoms with E-state index in [-0.39, 0.29) is 11.8 Å². The van der Waals surface area contributed by atoms with E-state index in [9.17, 15) is 9.59 Å². The van der Waals surface area contributed by atoms with Crippen molar-refractivity contribution in [1.82, 2.24) is 10.2 Å². The van der Waals surface area contributed by atoms with Crippen LogP contribution in [0.3, 0.4) is 0 Å². The van der Waals surface area contributed by atoms with Gasteiger partial charge in [-0.2, -0.15) is 0 Å². The van der Waals surface area contributed by atoms with Crippen LogP contribution in [0, 0.1) is 0 Å². The zero-order chi connectivity index (χ0) is 15.8. The highest BCUT2D eigenvalue weighted by Gasteiger charge is 2.51. The number of nitrogens with one attached hydrogen (secondary N) is 1. The summed E-state index contributed by atoms with van der Waals surface area (Å²) >= 11 is 5.89. The summed E-state index contributed by atoms with van der Waals surface area (Å²) in [4.78, 5) is 26.8. The predicted molar refractivity (Wildman–Crippen MR) is 82.9 cm³/mol. The van der Waals surface area contributed by atoms with Gasteiger partial charge in [0.2, 0.25) is 11.8 Å². The summed E-state index contributed by atoms with van der Waals surface area (Å²) in [5.41, 5.74) is -0.751. The highest BCUT2D eigenvalue weighted by atomic mass is 35.5. The quantitative estimate of drug-likeness (QED) is 0.933. The molecule has 0 aromatic heterocycles. The minimum absolute atomic E-state index is 0.0513. The van der Waals surface area contributed by atoms with Crippen molar-refractivity contribution in [2.75, 3.05) is 0 Å². The first-order valence-corrected chi connectivity index (χ1v) is 7.47. The van der Waals surface area contributed by atoms with Gasteiger partial charge in [0.25, 0.3) is 0 Å². The number of amides is 2. The van der Waals surface area contributed by atoms with Crippen molar-refractivity contribution in [2.45, 2.75) is 51.7 Å². The van der Waals surface area contributed by atoms with E-state index in [2.05, 4.69) is 5.32 Å². The maximum absolute atomic E-state index is 12.8. The molecule has 1 aromatic carbocycles. The van der Waals surface area contributed by atoms with Crippen LogP contribution in [0.25, 0.3) is 0 Å². The molecule has 0 bridgehead atoms. The van der Waals surface area contributed by atoms with Crippen LogP contribution in [0.1, 0.15) is 39.7 Å². The van der Waals surface area contributed by atoms with Crippen LogP contribution in [0.4, 0.5) is 0 Å². The van der Waals surface area contributed by atoms with E-state index >= 15 is 0 Å². The van der Waals surface area contributed by atoms with Crippen LogP contribution in [0.15, 0.2) is 24.3 Å². The molecular weight excluding hydrogens is 288 g/mol. The first kappa shape index (κ1) is 15.8. The molecule has 114 valence electrons. The first-order valence-electron chi connectivity index (χ1n) is 7.10. The van der Waals surface area contributed by atoms with Gasteiger partial charge in [-0.3, -0.25) is 9.59 Å². The molecule has 0 spiro atoms. The minimum Gasteiger partial charge on any atom is -0.340 e. The summed E-state index contributed by atoms with van der Waals surface area (Å²) in [6.07, 6.45) is 0.560. The second-order valence-electron chi connectivity index (χ2n) is 6.22. The minimum atomic E-state index is -0.870. The molecule has 1 aliphatic heterocycles. The number of carbonyl (C=O) groups is 2. The van der Waals surface area contributed by atoms with Gasteiger partial charge in [-0.1, -0.05) is 30.7 Å². The lowest BCUT2D eigenvalue weighted by atomic mass is 9.86. The number of rotatable bonds is 3. The van der Waals surface area contributed by atoms with Crippen LogP contribution in [-0.4, -0.2) is 27.8 Å². The van der Waals surface area contributed by atoms with E-state index in [4.69, 9.17) is 11.6 Å². The Morgan fingerprint density at radius 2 is 1.71 bits per heavy atom. The molecule has 2 rings (SSSR count). The summed E-state index contributed by atoms with van der Waals surface area (Å²) in [6.45, 7) is 7.61. The van der Waals surface area contributed by atoms with E-state index in [1.54, 1.807) is 37.8 Å². The van der Waals surface area contributed by atoms with E-state index in [0.29, 0.717) is 18.0 Å². The van der Waals surface area contributed by atoms with Gasteiger partial charge in [0.1, 0.15) is 11.1 Å². The van der Waals surface area contributed by atoms with E-state index in [1.807, 2.05) is 19.1 Å². The molecule has 1 aliphatic rings. The van der Waals surface area contributed by atoms with Crippen molar-refractivity contribution >= 4 is 23.4 Å². The van der Waals surface area contributed by atoms with Gasteiger partial charge in [-0.15, -0.1) is 0 Å². The highest BCUT2D eigenvalue weighted by molar-refractivity contribution is 6.30. The van der Waals surface area contributed by atoms with Crippen LogP contribution in [0.2, 0.25) is 5.02 Å². The maximum atomic E-state index is 12.8. The Morgan fingerprint density at radius 1 is 1.14 bits per heavy atom. The number of hydrogen-bond donors (Lipinski definition) is 1. The molecule has 0 saturated carbocycles. The lowest BCUT2D eigenvalue weighted by Gasteiger charge is -2.48. The van der Waals surface area contributed by atoms with Gasteiger partial charge < -0.3 is 10.2 Å². The number of nitrogens with zero attached hydrogens (tertiary/aromatic N) is 1. The fourth-order valence-corrected chi connectivity index (χ4v) is 2.54. The van der Waals surface area contributed by atoms with Gasteiger partial charge >= 0.3 is 0 Å². The summed E-state index contributed by atoms with van der Waals surface area (Å²) in [6, 6.07) is 7.33. The van der Waals surface area contributed by atoms with Gasteiger partial charge in [0.05, 0.1) is 0 Å². The molecule has 1 aromatic rings. The van der Waals surface area contributed by atoms with Gasteiger partial charge in [-0.05, 0) is 44.9 Å². The Bertz CT molecular complexity index is 568. The van der Waals surface area contributed by atoms with E-state index < -0.39 is 11.1 Å². The Kier molecular flexibility index (Phi) is 4.02. The van der Waals surface area contributed by atoms with Crippen LogP contribution in [0.5, 0.6) is 0 Å².